The number of methoxy groups -OCH3 is 2. The van der Waals surface area contributed by atoms with E-state index >= 15 is 0 Å². The van der Waals surface area contributed by atoms with E-state index in [1.165, 1.54) is 0 Å². The van der Waals surface area contributed by atoms with Crippen LogP contribution in [0.2, 0.25) is 0 Å². The van der Waals surface area contributed by atoms with E-state index in [0.29, 0.717) is 29.1 Å². The largest absolute Gasteiger partial charge is 0.497 e. The lowest BCUT2D eigenvalue weighted by Gasteiger charge is -2.08. The molecule has 0 unspecified atom stereocenters. The van der Waals surface area contributed by atoms with E-state index in [4.69, 9.17) is 15.2 Å². The van der Waals surface area contributed by atoms with Crippen LogP contribution in [-0.2, 0) is 17.8 Å². The van der Waals surface area contributed by atoms with Gasteiger partial charge in [-0.25, -0.2) is 9.97 Å². The highest BCUT2D eigenvalue weighted by Crippen LogP contribution is 2.22. The molecule has 0 bridgehead atoms. The van der Waals surface area contributed by atoms with E-state index in [-0.39, 0.29) is 0 Å². The number of hydrogen-bond acceptors (Lipinski definition) is 5. The highest BCUT2D eigenvalue weighted by Gasteiger charge is 2.10. The summed E-state index contributed by atoms with van der Waals surface area (Å²) < 4.78 is 10.9. The van der Waals surface area contributed by atoms with Crippen LogP contribution in [0.5, 0.6) is 5.75 Å². The fourth-order valence-corrected chi connectivity index (χ4v) is 2.09. The Labute approximate surface area is 126 Å². The van der Waals surface area contributed by atoms with Crippen molar-refractivity contribution in [1.82, 2.24) is 9.97 Å². The molecule has 2 aromatic rings. The molecule has 0 aliphatic rings. The molecule has 6 heteroatoms. The second-order valence-electron chi connectivity index (χ2n) is 4.24. The van der Waals surface area contributed by atoms with Crippen LogP contribution < -0.4 is 10.5 Å². The molecule has 20 heavy (non-hydrogen) atoms. The normalized spacial score (nSPS) is 10.6. The zero-order valence-corrected chi connectivity index (χ0v) is 13.0. The van der Waals surface area contributed by atoms with Gasteiger partial charge in [-0.3, -0.25) is 0 Å². The van der Waals surface area contributed by atoms with Gasteiger partial charge in [0, 0.05) is 13.5 Å². The van der Waals surface area contributed by atoms with E-state index < -0.39 is 0 Å². The minimum atomic E-state index is 0.392. The average Bonchev–Trinajstić information content (AvgIpc) is 2.45. The third-order valence-electron chi connectivity index (χ3n) is 2.79. The van der Waals surface area contributed by atoms with Gasteiger partial charge in [-0.2, -0.15) is 0 Å². The van der Waals surface area contributed by atoms with Crippen molar-refractivity contribution in [3.8, 4) is 5.75 Å². The summed E-state index contributed by atoms with van der Waals surface area (Å²) in [6, 6.07) is 7.79. The second kappa shape index (κ2) is 6.67. The van der Waals surface area contributed by atoms with Crippen molar-refractivity contribution in [2.45, 2.75) is 13.0 Å². The van der Waals surface area contributed by atoms with Crippen molar-refractivity contribution in [2.75, 3.05) is 20.0 Å². The summed E-state index contributed by atoms with van der Waals surface area (Å²) in [5.74, 6) is 1.92. The summed E-state index contributed by atoms with van der Waals surface area (Å²) >= 11 is 3.37. The lowest BCUT2D eigenvalue weighted by atomic mass is 10.1. The van der Waals surface area contributed by atoms with E-state index in [1.54, 1.807) is 14.2 Å². The number of nitrogens with zero attached hydrogens (tertiary/aromatic N) is 2. The monoisotopic (exact) mass is 337 g/mol. The van der Waals surface area contributed by atoms with Gasteiger partial charge in [0.1, 0.15) is 17.4 Å². The molecule has 2 rings (SSSR count). The molecular formula is C14H16BrN3O2. The molecule has 0 atom stereocenters. The Hall–Kier alpha value is -1.66. The minimum Gasteiger partial charge on any atom is -0.497 e. The Morgan fingerprint density at radius 3 is 2.45 bits per heavy atom. The molecule has 0 aliphatic carbocycles. The molecule has 106 valence electrons. The standard InChI is InChI=1S/C14H16BrN3O2/c1-19-8-11-13(15)14(16)18-12(17-11)7-9-3-5-10(20-2)6-4-9/h3-6H,7-8H2,1-2H3,(H2,16,17,18). The summed E-state index contributed by atoms with van der Waals surface area (Å²) in [6.45, 7) is 0.392. The molecule has 0 aliphatic heterocycles. The number of ether oxygens (including phenoxy) is 2. The average molecular weight is 338 g/mol. The highest BCUT2D eigenvalue weighted by molar-refractivity contribution is 9.10. The molecular weight excluding hydrogens is 322 g/mol. The Balaban J connectivity index is 2.23. The van der Waals surface area contributed by atoms with Crippen molar-refractivity contribution in [3.63, 3.8) is 0 Å². The molecule has 0 spiro atoms. The predicted octanol–water partition coefficient (Wildman–Crippen LogP) is 2.57. The first-order valence-electron chi connectivity index (χ1n) is 6.06. The van der Waals surface area contributed by atoms with Crippen LogP contribution in [0.4, 0.5) is 5.82 Å². The Morgan fingerprint density at radius 1 is 1.15 bits per heavy atom. The van der Waals surface area contributed by atoms with Crippen LogP contribution in [0.25, 0.3) is 0 Å². The van der Waals surface area contributed by atoms with Crippen molar-refractivity contribution in [1.29, 1.82) is 0 Å². The van der Waals surface area contributed by atoms with Crippen molar-refractivity contribution >= 4 is 21.7 Å². The first kappa shape index (κ1) is 14.7. The Bertz CT molecular complexity index is 588. The molecule has 0 fully saturated rings. The highest BCUT2D eigenvalue weighted by atomic mass is 79.9. The predicted molar refractivity (Wildman–Crippen MR) is 80.7 cm³/mol. The van der Waals surface area contributed by atoms with Crippen LogP contribution in [0.15, 0.2) is 28.7 Å². The molecule has 0 amide bonds. The molecule has 2 N–H and O–H groups in total. The van der Waals surface area contributed by atoms with Crippen LogP contribution in [0.1, 0.15) is 17.1 Å². The quantitative estimate of drug-likeness (QED) is 0.907. The first-order chi connectivity index (χ1) is 9.63. The van der Waals surface area contributed by atoms with Crippen molar-refractivity contribution in [3.05, 3.63) is 45.8 Å². The van der Waals surface area contributed by atoms with Gasteiger partial charge in [0.15, 0.2) is 0 Å². The maximum absolute atomic E-state index is 5.88. The number of hydrogen-bond donors (Lipinski definition) is 1. The molecule has 1 aromatic carbocycles. The summed E-state index contributed by atoms with van der Waals surface area (Å²) in [5.41, 5.74) is 7.72. The molecule has 1 heterocycles. The number of aromatic nitrogens is 2. The molecule has 0 saturated carbocycles. The van der Waals surface area contributed by atoms with E-state index in [1.807, 2.05) is 24.3 Å². The summed E-state index contributed by atoms with van der Waals surface area (Å²) in [6.07, 6.45) is 0.609. The van der Waals surface area contributed by atoms with Gasteiger partial charge in [0.25, 0.3) is 0 Å². The topological polar surface area (TPSA) is 70.3 Å². The van der Waals surface area contributed by atoms with Gasteiger partial charge in [-0.1, -0.05) is 12.1 Å². The summed E-state index contributed by atoms with van der Waals surface area (Å²) in [7, 11) is 3.26. The minimum absolute atomic E-state index is 0.392. The number of rotatable bonds is 5. The van der Waals surface area contributed by atoms with Crippen molar-refractivity contribution < 1.29 is 9.47 Å². The zero-order chi connectivity index (χ0) is 14.5. The lowest BCUT2D eigenvalue weighted by Crippen LogP contribution is -2.07. The molecule has 5 nitrogen and oxygen atoms in total. The third-order valence-corrected chi connectivity index (χ3v) is 3.66. The second-order valence-corrected chi connectivity index (χ2v) is 5.04. The van der Waals surface area contributed by atoms with Gasteiger partial charge >= 0.3 is 0 Å². The SMILES string of the molecule is COCc1nc(Cc2ccc(OC)cc2)nc(N)c1Br. The summed E-state index contributed by atoms with van der Waals surface area (Å²) in [4.78, 5) is 8.75. The third kappa shape index (κ3) is 3.46. The zero-order valence-electron chi connectivity index (χ0n) is 11.4. The van der Waals surface area contributed by atoms with Gasteiger partial charge in [0.05, 0.1) is 23.9 Å². The van der Waals surface area contributed by atoms with Crippen LogP contribution >= 0.6 is 15.9 Å². The van der Waals surface area contributed by atoms with Gasteiger partial charge in [-0.15, -0.1) is 0 Å². The van der Waals surface area contributed by atoms with Gasteiger partial charge in [0.2, 0.25) is 0 Å². The number of anilines is 1. The van der Waals surface area contributed by atoms with E-state index in [0.717, 1.165) is 17.0 Å². The Kier molecular flexibility index (Phi) is 4.92. The van der Waals surface area contributed by atoms with Crippen LogP contribution in [0, 0.1) is 0 Å². The lowest BCUT2D eigenvalue weighted by molar-refractivity contribution is 0.180. The van der Waals surface area contributed by atoms with E-state index in [2.05, 4.69) is 25.9 Å². The molecule has 1 aromatic heterocycles. The van der Waals surface area contributed by atoms with Crippen LogP contribution in [-0.4, -0.2) is 24.2 Å². The number of nitrogens with two attached hydrogens (primary N) is 1. The number of benzene rings is 1. The number of nitrogen functional groups attached to an aromatic ring is 1. The molecule has 0 saturated heterocycles. The number of halogens is 1. The maximum Gasteiger partial charge on any atom is 0.141 e. The Morgan fingerprint density at radius 2 is 1.85 bits per heavy atom. The smallest absolute Gasteiger partial charge is 0.141 e. The maximum atomic E-state index is 5.88. The fraction of sp³-hybridized carbons (Fsp3) is 0.286. The van der Waals surface area contributed by atoms with Crippen LogP contribution in [0.3, 0.4) is 0 Å². The van der Waals surface area contributed by atoms with Crippen molar-refractivity contribution in [2.24, 2.45) is 0 Å². The first-order valence-corrected chi connectivity index (χ1v) is 6.86. The summed E-state index contributed by atoms with van der Waals surface area (Å²) in [5, 5.41) is 0. The fourth-order valence-electron chi connectivity index (χ4n) is 1.80. The van der Waals surface area contributed by atoms with Gasteiger partial charge in [-0.05, 0) is 33.6 Å². The van der Waals surface area contributed by atoms with Gasteiger partial charge < -0.3 is 15.2 Å². The van der Waals surface area contributed by atoms with E-state index in [9.17, 15) is 0 Å². The molecule has 0 radical (unpaired) electrons.